The Bertz CT molecular complexity index is 804. The SMILES string of the molecule is C=CCNC(=S)NN=Cc1ccc(OCCCOc2ccc(C)c(C)c2)cc1. The molecule has 0 fully saturated rings. The van der Waals surface area contributed by atoms with Gasteiger partial charge in [-0.15, -0.1) is 6.58 Å². The summed E-state index contributed by atoms with van der Waals surface area (Å²) in [4.78, 5) is 0. The summed E-state index contributed by atoms with van der Waals surface area (Å²) >= 11 is 5.05. The monoisotopic (exact) mass is 397 g/mol. The van der Waals surface area contributed by atoms with Gasteiger partial charge in [-0.1, -0.05) is 12.1 Å². The van der Waals surface area contributed by atoms with Gasteiger partial charge < -0.3 is 14.8 Å². The van der Waals surface area contributed by atoms with Crippen LogP contribution >= 0.6 is 12.2 Å². The van der Waals surface area contributed by atoms with Gasteiger partial charge in [-0.25, -0.2) is 0 Å². The van der Waals surface area contributed by atoms with Gasteiger partial charge in [0.05, 0.1) is 19.4 Å². The molecule has 0 aliphatic carbocycles. The van der Waals surface area contributed by atoms with Gasteiger partial charge in [0.15, 0.2) is 5.11 Å². The Morgan fingerprint density at radius 3 is 2.39 bits per heavy atom. The maximum atomic E-state index is 5.76. The molecule has 2 aromatic rings. The second-order valence-corrected chi connectivity index (χ2v) is 6.64. The van der Waals surface area contributed by atoms with Crippen LogP contribution in [0.3, 0.4) is 0 Å². The third kappa shape index (κ3) is 7.80. The minimum atomic E-state index is 0.458. The topological polar surface area (TPSA) is 54.9 Å². The van der Waals surface area contributed by atoms with Crippen molar-refractivity contribution in [2.75, 3.05) is 19.8 Å². The van der Waals surface area contributed by atoms with E-state index in [-0.39, 0.29) is 0 Å². The largest absolute Gasteiger partial charge is 0.493 e. The summed E-state index contributed by atoms with van der Waals surface area (Å²) in [5.41, 5.74) is 6.20. The van der Waals surface area contributed by atoms with Gasteiger partial charge in [-0.05, 0) is 79.2 Å². The summed E-state index contributed by atoms with van der Waals surface area (Å²) < 4.78 is 11.5. The summed E-state index contributed by atoms with van der Waals surface area (Å²) in [6.45, 7) is 9.62. The van der Waals surface area contributed by atoms with Crippen molar-refractivity contribution in [1.82, 2.24) is 10.7 Å². The second-order valence-electron chi connectivity index (χ2n) is 6.23. The Morgan fingerprint density at radius 2 is 1.71 bits per heavy atom. The van der Waals surface area contributed by atoms with Gasteiger partial charge in [-0.2, -0.15) is 5.10 Å². The highest BCUT2D eigenvalue weighted by Gasteiger charge is 1.99. The third-order valence-electron chi connectivity index (χ3n) is 3.97. The van der Waals surface area contributed by atoms with E-state index in [2.05, 4.69) is 48.4 Å². The molecule has 0 radical (unpaired) electrons. The summed E-state index contributed by atoms with van der Waals surface area (Å²) in [7, 11) is 0. The predicted octanol–water partition coefficient (Wildman–Crippen LogP) is 4.14. The van der Waals surface area contributed by atoms with E-state index in [0.29, 0.717) is 24.9 Å². The van der Waals surface area contributed by atoms with Gasteiger partial charge in [0.25, 0.3) is 0 Å². The third-order valence-corrected chi connectivity index (χ3v) is 4.21. The van der Waals surface area contributed by atoms with Crippen molar-refractivity contribution in [3.8, 4) is 11.5 Å². The maximum absolute atomic E-state index is 5.76. The lowest BCUT2D eigenvalue weighted by atomic mass is 10.1. The highest BCUT2D eigenvalue weighted by molar-refractivity contribution is 7.80. The number of aryl methyl sites for hydroxylation is 2. The van der Waals surface area contributed by atoms with Crippen LogP contribution in [0, 0.1) is 13.8 Å². The first-order chi connectivity index (χ1) is 13.6. The van der Waals surface area contributed by atoms with E-state index < -0.39 is 0 Å². The van der Waals surface area contributed by atoms with Crippen molar-refractivity contribution in [2.45, 2.75) is 20.3 Å². The first kappa shape index (κ1) is 21.4. The fourth-order valence-corrected chi connectivity index (χ4v) is 2.40. The lowest BCUT2D eigenvalue weighted by molar-refractivity contribution is 0.247. The lowest BCUT2D eigenvalue weighted by Gasteiger charge is -2.09. The average molecular weight is 398 g/mol. The second kappa shape index (κ2) is 11.8. The number of nitrogens with one attached hydrogen (secondary N) is 2. The van der Waals surface area contributed by atoms with Crippen molar-refractivity contribution in [3.05, 3.63) is 71.8 Å². The fourth-order valence-electron chi connectivity index (χ4n) is 2.26. The summed E-state index contributed by atoms with van der Waals surface area (Å²) in [5.74, 6) is 1.72. The van der Waals surface area contributed by atoms with Crippen molar-refractivity contribution in [3.63, 3.8) is 0 Å². The minimum absolute atomic E-state index is 0.458. The summed E-state index contributed by atoms with van der Waals surface area (Å²) in [6, 6.07) is 13.8. The minimum Gasteiger partial charge on any atom is -0.493 e. The zero-order valence-corrected chi connectivity index (χ0v) is 17.2. The van der Waals surface area contributed by atoms with Crippen molar-refractivity contribution >= 4 is 23.5 Å². The van der Waals surface area contributed by atoms with Gasteiger partial charge in [0.2, 0.25) is 0 Å². The average Bonchev–Trinajstić information content (AvgIpc) is 2.70. The number of benzene rings is 2. The first-order valence-corrected chi connectivity index (χ1v) is 9.60. The number of nitrogens with zero attached hydrogens (tertiary/aromatic N) is 1. The van der Waals surface area contributed by atoms with Crippen molar-refractivity contribution in [2.24, 2.45) is 5.10 Å². The van der Waals surface area contributed by atoms with Crippen molar-refractivity contribution in [1.29, 1.82) is 0 Å². The van der Waals surface area contributed by atoms with Gasteiger partial charge in [0.1, 0.15) is 11.5 Å². The van der Waals surface area contributed by atoms with Crippen molar-refractivity contribution < 1.29 is 9.47 Å². The Balaban J connectivity index is 1.66. The van der Waals surface area contributed by atoms with Crippen LogP contribution < -0.4 is 20.2 Å². The molecule has 28 heavy (non-hydrogen) atoms. The maximum Gasteiger partial charge on any atom is 0.187 e. The fraction of sp³-hybridized carbons (Fsp3) is 0.273. The summed E-state index contributed by atoms with van der Waals surface area (Å²) in [6.07, 6.45) is 4.24. The standard InChI is InChI=1S/C22H27N3O2S/c1-4-12-23-22(28)25-24-16-19-7-10-20(11-8-19)26-13-5-14-27-21-9-6-17(2)18(3)15-21/h4,6-11,15-16H,1,5,12-14H2,2-3H3,(H2,23,25,28). The van der Waals surface area contributed by atoms with E-state index in [4.69, 9.17) is 21.7 Å². The van der Waals surface area contributed by atoms with Crippen LogP contribution in [0.5, 0.6) is 11.5 Å². The molecule has 0 bridgehead atoms. The van der Waals surface area contributed by atoms with Crippen LogP contribution in [-0.4, -0.2) is 31.1 Å². The number of ether oxygens (including phenoxy) is 2. The van der Waals surface area contributed by atoms with E-state index in [1.807, 2.05) is 30.3 Å². The number of hydrogen-bond donors (Lipinski definition) is 2. The summed E-state index contributed by atoms with van der Waals surface area (Å²) in [5, 5.41) is 7.47. The molecule has 0 amide bonds. The molecule has 0 aromatic heterocycles. The number of hydrazone groups is 1. The van der Waals surface area contributed by atoms with Crippen LogP contribution in [0.15, 0.2) is 60.2 Å². The van der Waals surface area contributed by atoms with Crippen LogP contribution in [0.25, 0.3) is 0 Å². The van der Waals surface area contributed by atoms with Crippen LogP contribution in [0.2, 0.25) is 0 Å². The lowest BCUT2D eigenvalue weighted by Crippen LogP contribution is -2.31. The molecule has 148 valence electrons. The van der Waals surface area contributed by atoms with E-state index in [0.717, 1.165) is 23.5 Å². The molecule has 2 aromatic carbocycles. The van der Waals surface area contributed by atoms with Crippen LogP contribution in [-0.2, 0) is 0 Å². The van der Waals surface area contributed by atoms with Gasteiger partial charge in [-0.3, -0.25) is 5.43 Å². The molecule has 2 N–H and O–H groups in total. The molecule has 0 spiro atoms. The van der Waals surface area contributed by atoms with Crippen LogP contribution in [0.4, 0.5) is 0 Å². The molecule has 5 nitrogen and oxygen atoms in total. The van der Waals surface area contributed by atoms with E-state index >= 15 is 0 Å². The molecule has 0 aliphatic heterocycles. The van der Waals surface area contributed by atoms with E-state index in [9.17, 15) is 0 Å². The first-order valence-electron chi connectivity index (χ1n) is 9.19. The quantitative estimate of drug-likeness (QED) is 0.208. The molecule has 0 heterocycles. The Labute approximate surface area is 172 Å². The zero-order valence-electron chi connectivity index (χ0n) is 16.4. The number of thiocarbonyl (C=S) groups is 1. The number of hydrogen-bond acceptors (Lipinski definition) is 4. The molecule has 0 unspecified atom stereocenters. The highest BCUT2D eigenvalue weighted by Crippen LogP contribution is 2.16. The molecular weight excluding hydrogens is 370 g/mol. The predicted molar refractivity (Wildman–Crippen MR) is 119 cm³/mol. The van der Waals surface area contributed by atoms with E-state index in [1.165, 1.54) is 11.1 Å². The molecule has 0 saturated carbocycles. The molecule has 0 atom stereocenters. The molecule has 0 aliphatic rings. The Hall–Kier alpha value is -2.86. The van der Waals surface area contributed by atoms with Gasteiger partial charge >= 0.3 is 0 Å². The smallest absolute Gasteiger partial charge is 0.187 e. The van der Waals surface area contributed by atoms with E-state index in [1.54, 1.807) is 12.3 Å². The zero-order chi connectivity index (χ0) is 20.2. The van der Waals surface area contributed by atoms with Gasteiger partial charge in [0, 0.05) is 13.0 Å². The Morgan fingerprint density at radius 1 is 1.04 bits per heavy atom. The molecule has 2 rings (SSSR count). The highest BCUT2D eigenvalue weighted by atomic mass is 32.1. The molecule has 6 heteroatoms. The number of rotatable bonds is 10. The Kier molecular flexibility index (Phi) is 9.01. The molecular formula is C22H27N3O2S. The normalized spacial score (nSPS) is 10.5. The van der Waals surface area contributed by atoms with Crippen LogP contribution in [0.1, 0.15) is 23.1 Å². The molecule has 0 saturated heterocycles.